The van der Waals surface area contributed by atoms with Crippen LogP contribution in [0.2, 0.25) is 0 Å². The Morgan fingerprint density at radius 2 is 1.78 bits per heavy atom. The molecule has 0 fully saturated rings. The fourth-order valence-corrected chi connectivity index (χ4v) is 3.88. The number of nitro benzene ring substituents is 1. The standard InChI is InChI=1S/C21H18N6O4S/c1-31-18-7-3-2-6-15(18)14-32-21-24-23-19(20(28)26(21)25-12-4-5-13-25)22-16-8-10-17(11-9-16)27(29)30/h2-13H,14H2,1H3,(H,22,23). The molecule has 0 aliphatic carbocycles. The first kappa shape index (κ1) is 21.1. The van der Waals surface area contributed by atoms with Crippen LogP contribution in [0.1, 0.15) is 5.56 Å². The lowest BCUT2D eigenvalue weighted by molar-refractivity contribution is -0.384. The van der Waals surface area contributed by atoms with Crippen molar-refractivity contribution in [2.45, 2.75) is 10.9 Å². The van der Waals surface area contributed by atoms with Crippen LogP contribution in [-0.2, 0) is 5.75 Å². The van der Waals surface area contributed by atoms with E-state index in [2.05, 4.69) is 15.5 Å². The molecule has 2 aromatic carbocycles. The van der Waals surface area contributed by atoms with E-state index in [4.69, 9.17) is 4.74 Å². The summed E-state index contributed by atoms with van der Waals surface area (Å²) in [5, 5.41) is 22.4. The second kappa shape index (κ2) is 9.35. The van der Waals surface area contributed by atoms with Gasteiger partial charge in [0.05, 0.1) is 12.0 Å². The van der Waals surface area contributed by atoms with E-state index in [9.17, 15) is 14.9 Å². The molecule has 0 aliphatic heterocycles. The number of thioether (sulfide) groups is 1. The minimum absolute atomic E-state index is 0.00538. The summed E-state index contributed by atoms with van der Waals surface area (Å²) in [5.41, 5.74) is 0.975. The zero-order valence-electron chi connectivity index (χ0n) is 16.9. The summed E-state index contributed by atoms with van der Waals surface area (Å²) in [6.07, 6.45) is 3.46. The summed E-state index contributed by atoms with van der Waals surface area (Å²) in [4.78, 5) is 23.6. The quantitative estimate of drug-likeness (QED) is 0.245. The molecule has 4 rings (SSSR count). The van der Waals surface area contributed by atoms with Gasteiger partial charge in [-0.15, -0.1) is 10.2 Å². The number of aromatic nitrogens is 4. The number of nitrogens with zero attached hydrogens (tertiary/aromatic N) is 5. The van der Waals surface area contributed by atoms with Gasteiger partial charge >= 0.3 is 5.56 Å². The second-order valence-electron chi connectivity index (χ2n) is 6.54. The van der Waals surface area contributed by atoms with Crippen molar-refractivity contribution in [3.8, 4) is 5.75 Å². The van der Waals surface area contributed by atoms with Crippen LogP contribution in [0.5, 0.6) is 5.75 Å². The first-order valence-corrected chi connectivity index (χ1v) is 10.4. The van der Waals surface area contributed by atoms with Crippen LogP contribution < -0.4 is 15.6 Å². The Balaban J connectivity index is 1.65. The van der Waals surface area contributed by atoms with E-state index in [1.165, 1.54) is 40.7 Å². The van der Waals surface area contributed by atoms with Crippen LogP contribution in [0.3, 0.4) is 0 Å². The molecule has 0 unspecified atom stereocenters. The highest BCUT2D eigenvalue weighted by atomic mass is 32.2. The minimum Gasteiger partial charge on any atom is -0.496 e. The number of benzene rings is 2. The van der Waals surface area contributed by atoms with Crippen LogP contribution in [0.25, 0.3) is 0 Å². The molecule has 0 aliphatic rings. The summed E-state index contributed by atoms with van der Waals surface area (Å²) >= 11 is 1.35. The molecule has 11 heteroatoms. The molecule has 0 amide bonds. The van der Waals surface area contributed by atoms with Crippen molar-refractivity contribution in [1.29, 1.82) is 0 Å². The lowest BCUT2D eigenvalue weighted by atomic mass is 10.2. The first-order chi connectivity index (χ1) is 15.6. The van der Waals surface area contributed by atoms with Crippen molar-refractivity contribution in [3.05, 3.63) is 99.1 Å². The highest BCUT2D eigenvalue weighted by Gasteiger charge is 2.16. The summed E-state index contributed by atoms with van der Waals surface area (Å²) in [5.74, 6) is 1.27. The Kier molecular flexibility index (Phi) is 6.17. The van der Waals surface area contributed by atoms with Gasteiger partial charge in [0, 0.05) is 41.5 Å². The van der Waals surface area contributed by atoms with Crippen LogP contribution in [-0.4, -0.2) is 31.6 Å². The zero-order valence-corrected chi connectivity index (χ0v) is 17.7. The normalized spacial score (nSPS) is 10.7. The third-order valence-corrected chi connectivity index (χ3v) is 5.49. The van der Waals surface area contributed by atoms with Gasteiger partial charge in [-0.05, 0) is 30.3 Å². The predicted molar refractivity (Wildman–Crippen MR) is 120 cm³/mol. The second-order valence-corrected chi connectivity index (χ2v) is 7.48. The van der Waals surface area contributed by atoms with E-state index < -0.39 is 10.5 Å². The van der Waals surface area contributed by atoms with Gasteiger partial charge in [0.2, 0.25) is 11.0 Å². The average Bonchev–Trinajstić information content (AvgIpc) is 3.34. The number of non-ortho nitro benzene ring substituents is 1. The van der Waals surface area contributed by atoms with Crippen molar-refractivity contribution in [1.82, 2.24) is 19.5 Å². The molecule has 32 heavy (non-hydrogen) atoms. The summed E-state index contributed by atoms with van der Waals surface area (Å²) < 4.78 is 8.41. The van der Waals surface area contributed by atoms with E-state index in [1.54, 1.807) is 36.3 Å². The van der Waals surface area contributed by atoms with E-state index >= 15 is 0 Å². The Labute approximate surface area is 186 Å². The molecular formula is C21H18N6O4S. The summed E-state index contributed by atoms with van der Waals surface area (Å²) in [7, 11) is 1.61. The number of nitro groups is 1. The van der Waals surface area contributed by atoms with Gasteiger partial charge in [-0.2, -0.15) is 4.68 Å². The van der Waals surface area contributed by atoms with Crippen molar-refractivity contribution in [2.75, 3.05) is 12.4 Å². The van der Waals surface area contributed by atoms with Crippen LogP contribution >= 0.6 is 11.8 Å². The maximum Gasteiger partial charge on any atom is 0.316 e. The topological polar surface area (TPSA) is 117 Å². The molecule has 0 saturated carbocycles. The molecule has 1 N–H and O–H groups in total. The molecule has 0 bridgehead atoms. The highest BCUT2D eigenvalue weighted by molar-refractivity contribution is 7.98. The molecule has 10 nitrogen and oxygen atoms in total. The zero-order chi connectivity index (χ0) is 22.5. The number of para-hydroxylation sites is 1. The van der Waals surface area contributed by atoms with Gasteiger partial charge in [-0.3, -0.25) is 19.6 Å². The highest BCUT2D eigenvalue weighted by Crippen LogP contribution is 2.26. The minimum atomic E-state index is -0.490. The van der Waals surface area contributed by atoms with Crippen molar-refractivity contribution < 1.29 is 9.66 Å². The van der Waals surface area contributed by atoms with Crippen LogP contribution in [0.4, 0.5) is 17.2 Å². The van der Waals surface area contributed by atoms with Gasteiger partial charge < -0.3 is 10.1 Å². The lowest BCUT2D eigenvalue weighted by Crippen LogP contribution is -2.30. The third-order valence-electron chi connectivity index (χ3n) is 4.52. The first-order valence-electron chi connectivity index (χ1n) is 9.46. The number of methoxy groups -OCH3 is 1. The van der Waals surface area contributed by atoms with Gasteiger partial charge in [0.25, 0.3) is 5.69 Å². The summed E-state index contributed by atoms with van der Waals surface area (Å²) in [6.45, 7) is 0. The molecule has 0 spiro atoms. The third kappa shape index (κ3) is 4.47. The molecule has 2 heterocycles. The van der Waals surface area contributed by atoms with Gasteiger partial charge in [-0.1, -0.05) is 30.0 Å². The monoisotopic (exact) mass is 450 g/mol. The van der Waals surface area contributed by atoms with E-state index in [0.29, 0.717) is 16.6 Å². The fraction of sp³-hybridized carbons (Fsp3) is 0.0952. The smallest absolute Gasteiger partial charge is 0.316 e. The maximum atomic E-state index is 13.2. The maximum absolute atomic E-state index is 13.2. The number of rotatable bonds is 8. The Bertz CT molecular complexity index is 1290. The number of anilines is 2. The van der Waals surface area contributed by atoms with E-state index in [0.717, 1.165) is 11.3 Å². The van der Waals surface area contributed by atoms with Gasteiger partial charge in [0.1, 0.15) is 5.75 Å². The predicted octanol–water partition coefficient (Wildman–Crippen LogP) is 3.70. The number of hydrogen-bond acceptors (Lipinski definition) is 8. The molecule has 0 saturated heterocycles. The molecule has 2 aromatic heterocycles. The molecule has 4 aromatic rings. The van der Waals surface area contributed by atoms with E-state index in [1.807, 2.05) is 24.3 Å². The van der Waals surface area contributed by atoms with Crippen LogP contribution in [0.15, 0.2) is 83.0 Å². The lowest BCUT2D eigenvalue weighted by Gasteiger charge is -2.14. The van der Waals surface area contributed by atoms with E-state index in [-0.39, 0.29) is 11.5 Å². The SMILES string of the molecule is COc1ccccc1CSc1nnc(Nc2ccc([N+](=O)[O-])cc2)c(=O)n1-n1cccc1. The van der Waals surface area contributed by atoms with Crippen LogP contribution in [0, 0.1) is 10.1 Å². The largest absolute Gasteiger partial charge is 0.496 e. The molecule has 0 atom stereocenters. The number of nitrogens with one attached hydrogen (secondary N) is 1. The Hall–Kier alpha value is -4.12. The molecule has 162 valence electrons. The fourth-order valence-electron chi connectivity index (χ4n) is 2.96. The van der Waals surface area contributed by atoms with Crippen molar-refractivity contribution >= 4 is 29.0 Å². The molecular weight excluding hydrogens is 432 g/mol. The average molecular weight is 450 g/mol. The summed E-state index contributed by atoms with van der Waals surface area (Å²) in [6, 6.07) is 16.9. The van der Waals surface area contributed by atoms with Gasteiger partial charge in [-0.25, -0.2) is 0 Å². The van der Waals surface area contributed by atoms with Crippen molar-refractivity contribution in [3.63, 3.8) is 0 Å². The van der Waals surface area contributed by atoms with Crippen molar-refractivity contribution in [2.24, 2.45) is 0 Å². The number of ether oxygens (including phenoxy) is 1. The Morgan fingerprint density at radius 3 is 2.47 bits per heavy atom. The van der Waals surface area contributed by atoms with Gasteiger partial charge in [0.15, 0.2) is 0 Å². The molecule has 0 radical (unpaired) electrons. The number of hydrogen-bond donors (Lipinski definition) is 1. The Morgan fingerprint density at radius 1 is 1.06 bits per heavy atom.